The number of aromatic nitrogens is 2. The van der Waals surface area contributed by atoms with Crippen molar-refractivity contribution < 1.29 is 4.39 Å². The fourth-order valence-corrected chi connectivity index (χ4v) is 2.54. The zero-order chi connectivity index (χ0) is 12.4. The van der Waals surface area contributed by atoms with Crippen molar-refractivity contribution in [3.8, 4) is 5.69 Å². The molecule has 94 valence electrons. The van der Waals surface area contributed by atoms with Gasteiger partial charge in [0.1, 0.15) is 5.82 Å². The average Bonchev–Trinajstić information content (AvgIpc) is 2.90. The van der Waals surface area contributed by atoms with E-state index < -0.39 is 0 Å². The van der Waals surface area contributed by atoms with Crippen molar-refractivity contribution in [1.29, 1.82) is 0 Å². The first-order valence-corrected chi connectivity index (χ1v) is 6.33. The lowest BCUT2D eigenvalue weighted by molar-refractivity contribution is 0.449. The Hall–Kier alpha value is -1.68. The monoisotopic (exact) mass is 245 g/mol. The van der Waals surface area contributed by atoms with Crippen LogP contribution in [0.3, 0.4) is 0 Å². The molecule has 1 saturated heterocycles. The van der Waals surface area contributed by atoms with Gasteiger partial charge in [-0.25, -0.2) is 9.37 Å². The van der Waals surface area contributed by atoms with Crippen LogP contribution in [0.1, 0.15) is 24.5 Å². The second-order valence-corrected chi connectivity index (χ2v) is 4.69. The van der Waals surface area contributed by atoms with Gasteiger partial charge in [-0.3, -0.25) is 0 Å². The minimum Gasteiger partial charge on any atom is -0.317 e. The number of benzene rings is 1. The maximum atomic E-state index is 13.0. The van der Waals surface area contributed by atoms with Crippen molar-refractivity contribution in [3.05, 3.63) is 48.3 Å². The van der Waals surface area contributed by atoms with Crippen molar-refractivity contribution in [2.24, 2.45) is 0 Å². The van der Waals surface area contributed by atoms with Gasteiger partial charge in [0.25, 0.3) is 0 Å². The molecule has 0 saturated carbocycles. The van der Waals surface area contributed by atoms with E-state index >= 15 is 0 Å². The molecule has 1 aromatic heterocycles. The lowest BCUT2D eigenvalue weighted by Gasteiger charge is -2.23. The summed E-state index contributed by atoms with van der Waals surface area (Å²) in [5.74, 6) is 0.334. The fourth-order valence-electron chi connectivity index (χ4n) is 2.54. The van der Waals surface area contributed by atoms with Crippen LogP contribution in [0.2, 0.25) is 0 Å². The lowest BCUT2D eigenvalue weighted by atomic mass is 9.95. The van der Waals surface area contributed by atoms with Crippen molar-refractivity contribution >= 4 is 0 Å². The number of imidazole rings is 1. The van der Waals surface area contributed by atoms with E-state index in [1.54, 1.807) is 12.1 Å². The molecule has 0 bridgehead atoms. The smallest absolute Gasteiger partial charge is 0.123 e. The first kappa shape index (κ1) is 11.4. The number of nitrogens with one attached hydrogen (secondary N) is 1. The van der Waals surface area contributed by atoms with E-state index in [9.17, 15) is 4.39 Å². The Morgan fingerprint density at radius 1 is 1.17 bits per heavy atom. The van der Waals surface area contributed by atoms with Crippen LogP contribution in [0, 0.1) is 5.82 Å². The Balaban J connectivity index is 1.93. The van der Waals surface area contributed by atoms with Gasteiger partial charge in [0, 0.05) is 23.5 Å². The van der Waals surface area contributed by atoms with Crippen molar-refractivity contribution in [2.75, 3.05) is 13.1 Å². The van der Waals surface area contributed by atoms with Crippen LogP contribution < -0.4 is 5.32 Å². The standard InChI is InChI=1S/C14H16FN3/c15-12-1-3-13(4-2-12)18-10-17-9-14(18)11-5-7-16-8-6-11/h1-4,9-11,16H,5-8H2. The molecule has 2 heterocycles. The molecule has 0 amide bonds. The predicted molar refractivity (Wildman–Crippen MR) is 68.4 cm³/mol. The number of rotatable bonds is 2. The van der Waals surface area contributed by atoms with Gasteiger partial charge in [-0.1, -0.05) is 0 Å². The minimum atomic E-state index is -0.206. The first-order valence-electron chi connectivity index (χ1n) is 6.33. The molecule has 0 unspecified atom stereocenters. The normalized spacial score (nSPS) is 16.9. The number of hydrogen-bond acceptors (Lipinski definition) is 2. The summed E-state index contributed by atoms with van der Waals surface area (Å²) in [4.78, 5) is 4.24. The fraction of sp³-hybridized carbons (Fsp3) is 0.357. The zero-order valence-corrected chi connectivity index (χ0v) is 10.1. The van der Waals surface area contributed by atoms with Crippen LogP contribution >= 0.6 is 0 Å². The highest BCUT2D eigenvalue weighted by Gasteiger charge is 2.19. The summed E-state index contributed by atoms with van der Waals surface area (Å²) in [6.07, 6.45) is 6.00. The summed E-state index contributed by atoms with van der Waals surface area (Å²) >= 11 is 0. The molecule has 1 aliphatic rings. The highest BCUT2D eigenvalue weighted by atomic mass is 19.1. The molecule has 0 atom stereocenters. The molecule has 0 radical (unpaired) electrons. The van der Waals surface area contributed by atoms with E-state index in [0.29, 0.717) is 5.92 Å². The molecule has 1 aliphatic heterocycles. The summed E-state index contributed by atoms with van der Waals surface area (Å²) in [7, 11) is 0. The molecule has 0 aliphatic carbocycles. The maximum Gasteiger partial charge on any atom is 0.123 e. The Bertz CT molecular complexity index is 512. The van der Waals surface area contributed by atoms with E-state index in [4.69, 9.17) is 0 Å². The SMILES string of the molecule is Fc1ccc(-n2cncc2C2CCNCC2)cc1. The van der Waals surface area contributed by atoms with E-state index in [0.717, 1.165) is 31.6 Å². The van der Waals surface area contributed by atoms with Gasteiger partial charge in [-0.15, -0.1) is 0 Å². The average molecular weight is 245 g/mol. The summed E-state index contributed by atoms with van der Waals surface area (Å²) in [6.45, 7) is 2.11. The van der Waals surface area contributed by atoms with Gasteiger partial charge < -0.3 is 9.88 Å². The van der Waals surface area contributed by atoms with Crippen LogP contribution in [0.25, 0.3) is 5.69 Å². The number of hydrogen-bond donors (Lipinski definition) is 1. The Kier molecular flexibility index (Phi) is 3.11. The van der Waals surface area contributed by atoms with E-state index in [-0.39, 0.29) is 5.82 Å². The first-order chi connectivity index (χ1) is 8.84. The summed E-state index contributed by atoms with van der Waals surface area (Å²) < 4.78 is 15.0. The third-order valence-corrected chi connectivity index (χ3v) is 3.53. The lowest BCUT2D eigenvalue weighted by Crippen LogP contribution is -2.27. The summed E-state index contributed by atoms with van der Waals surface area (Å²) in [5.41, 5.74) is 2.20. The molecule has 0 spiro atoms. The van der Waals surface area contributed by atoms with Gasteiger partial charge >= 0.3 is 0 Å². The van der Waals surface area contributed by atoms with Crippen LogP contribution in [-0.2, 0) is 0 Å². The number of nitrogens with zero attached hydrogens (tertiary/aromatic N) is 2. The third-order valence-electron chi connectivity index (χ3n) is 3.53. The second kappa shape index (κ2) is 4.90. The largest absolute Gasteiger partial charge is 0.317 e. The molecule has 1 aromatic carbocycles. The van der Waals surface area contributed by atoms with Crippen LogP contribution in [0.15, 0.2) is 36.8 Å². The van der Waals surface area contributed by atoms with Crippen molar-refractivity contribution in [3.63, 3.8) is 0 Å². The number of halogens is 1. The van der Waals surface area contributed by atoms with Gasteiger partial charge in [0.05, 0.1) is 6.33 Å². The van der Waals surface area contributed by atoms with Gasteiger partial charge in [-0.05, 0) is 50.2 Å². The summed E-state index contributed by atoms with van der Waals surface area (Å²) in [5, 5.41) is 3.36. The Morgan fingerprint density at radius 3 is 2.61 bits per heavy atom. The molecule has 2 aromatic rings. The maximum absolute atomic E-state index is 13.0. The topological polar surface area (TPSA) is 29.9 Å². The highest BCUT2D eigenvalue weighted by molar-refractivity contribution is 5.34. The summed E-state index contributed by atoms with van der Waals surface area (Å²) in [6, 6.07) is 6.56. The Morgan fingerprint density at radius 2 is 1.89 bits per heavy atom. The number of piperidine rings is 1. The molecule has 1 fully saturated rings. The van der Waals surface area contributed by atoms with Crippen LogP contribution in [0.5, 0.6) is 0 Å². The molecule has 3 nitrogen and oxygen atoms in total. The van der Waals surface area contributed by atoms with Crippen LogP contribution in [-0.4, -0.2) is 22.6 Å². The van der Waals surface area contributed by atoms with Gasteiger partial charge in [0.2, 0.25) is 0 Å². The zero-order valence-electron chi connectivity index (χ0n) is 10.1. The third kappa shape index (κ3) is 2.16. The molecular formula is C14H16FN3. The van der Waals surface area contributed by atoms with Crippen LogP contribution in [0.4, 0.5) is 4.39 Å². The molecule has 1 N–H and O–H groups in total. The van der Waals surface area contributed by atoms with E-state index in [1.807, 2.05) is 12.5 Å². The molecule has 18 heavy (non-hydrogen) atoms. The van der Waals surface area contributed by atoms with E-state index in [1.165, 1.54) is 17.8 Å². The Labute approximate surface area is 106 Å². The quantitative estimate of drug-likeness (QED) is 0.881. The van der Waals surface area contributed by atoms with E-state index in [2.05, 4.69) is 14.9 Å². The van der Waals surface area contributed by atoms with Gasteiger partial charge in [-0.2, -0.15) is 0 Å². The minimum absolute atomic E-state index is 0.206. The van der Waals surface area contributed by atoms with Gasteiger partial charge in [0.15, 0.2) is 0 Å². The van der Waals surface area contributed by atoms with Crippen molar-refractivity contribution in [1.82, 2.24) is 14.9 Å². The van der Waals surface area contributed by atoms with Crippen molar-refractivity contribution in [2.45, 2.75) is 18.8 Å². The predicted octanol–water partition coefficient (Wildman–Crippen LogP) is 2.48. The second-order valence-electron chi connectivity index (χ2n) is 4.69. The molecule has 3 rings (SSSR count). The highest BCUT2D eigenvalue weighted by Crippen LogP contribution is 2.26. The molecular weight excluding hydrogens is 229 g/mol. The molecule has 4 heteroatoms.